The minimum Gasteiger partial charge on any atom is -0.497 e. The maximum Gasteiger partial charge on any atom is 0.232 e. The second-order valence-electron chi connectivity index (χ2n) is 5.35. The molecule has 0 aliphatic carbocycles. The summed E-state index contributed by atoms with van der Waals surface area (Å²) >= 11 is 0. The van der Waals surface area contributed by atoms with Crippen molar-refractivity contribution in [3.63, 3.8) is 0 Å². The van der Waals surface area contributed by atoms with Crippen molar-refractivity contribution in [3.05, 3.63) is 54.3 Å². The van der Waals surface area contributed by atoms with Gasteiger partial charge in [0, 0.05) is 24.7 Å². The lowest BCUT2D eigenvalue weighted by Crippen LogP contribution is -2.33. The Morgan fingerprint density at radius 1 is 1.20 bits per heavy atom. The first-order chi connectivity index (χ1) is 11.8. The van der Waals surface area contributed by atoms with E-state index in [9.17, 15) is 17.6 Å². The Labute approximate surface area is 146 Å². The summed E-state index contributed by atoms with van der Waals surface area (Å²) in [5.74, 6) is -0.319. The fourth-order valence-electron chi connectivity index (χ4n) is 2.25. The van der Waals surface area contributed by atoms with Crippen LogP contribution in [-0.2, 0) is 14.8 Å². The molecule has 6 nitrogen and oxygen atoms in total. The number of halogens is 1. The number of benzene rings is 2. The quantitative estimate of drug-likeness (QED) is 0.817. The molecule has 0 aliphatic heterocycles. The summed E-state index contributed by atoms with van der Waals surface area (Å²) in [5.41, 5.74) is 0.720. The second-order valence-corrected chi connectivity index (χ2v) is 7.25. The molecule has 2 aromatic carbocycles. The molecule has 134 valence electrons. The summed E-state index contributed by atoms with van der Waals surface area (Å²) in [6.45, 7) is -0.0991. The predicted octanol–water partition coefficient (Wildman–Crippen LogP) is 2.63. The number of methoxy groups -OCH3 is 1. The number of amides is 1. The molecule has 0 bridgehead atoms. The van der Waals surface area contributed by atoms with E-state index < -0.39 is 15.8 Å². The zero-order chi connectivity index (χ0) is 18.4. The number of sulfonamides is 1. The monoisotopic (exact) mass is 366 g/mol. The van der Waals surface area contributed by atoms with Crippen molar-refractivity contribution in [2.24, 2.45) is 0 Å². The highest BCUT2D eigenvalue weighted by atomic mass is 32.2. The number of rotatable bonds is 7. The van der Waals surface area contributed by atoms with E-state index in [1.165, 1.54) is 25.3 Å². The molecule has 0 saturated heterocycles. The van der Waals surface area contributed by atoms with Crippen LogP contribution in [0.25, 0.3) is 0 Å². The first-order valence-corrected chi connectivity index (χ1v) is 9.31. The van der Waals surface area contributed by atoms with Gasteiger partial charge in [-0.3, -0.25) is 9.10 Å². The largest absolute Gasteiger partial charge is 0.497 e. The van der Waals surface area contributed by atoms with E-state index in [2.05, 4.69) is 5.32 Å². The van der Waals surface area contributed by atoms with Crippen LogP contribution in [0.1, 0.15) is 6.42 Å². The third-order valence-electron chi connectivity index (χ3n) is 3.39. The number of nitrogens with zero attached hydrogens (tertiary/aromatic N) is 1. The maximum absolute atomic E-state index is 13.4. The van der Waals surface area contributed by atoms with Gasteiger partial charge in [0.15, 0.2) is 0 Å². The first kappa shape index (κ1) is 18.7. The molecular formula is C17H19FN2O4S. The van der Waals surface area contributed by atoms with Crippen LogP contribution in [0, 0.1) is 5.82 Å². The van der Waals surface area contributed by atoms with Gasteiger partial charge in [-0.15, -0.1) is 0 Å². The Kier molecular flexibility index (Phi) is 5.97. The highest BCUT2D eigenvalue weighted by Gasteiger charge is 2.19. The van der Waals surface area contributed by atoms with E-state index in [0.29, 0.717) is 11.4 Å². The van der Waals surface area contributed by atoms with Crippen LogP contribution >= 0.6 is 0 Å². The molecule has 0 aliphatic rings. The molecule has 1 amide bonds. The molecule has 2 rings (SSSR count). The number of carbonyl (C=O) groups is 1. The van der Waals surface area contributed by atoms with Crippen LogP contribution in [0.5, 0.6) is 5.75 Å². The fourth-order valence-corrected chi connectivity index (χ4v) is 3.16. The van der Waals surface area contributed by atoms with Crippen molar-refractivity contribution < 1.29 is 22.3 Å². The molecule has 0 aromatic heterocycles. The van der Waals surface area contributed by atoms with Gasteiger partial charge in [0.25, 0.3) is 0 Å². The minimum absolute atomic E-state index is 0.0825. The number of hydrogen-bond donors (Lipinski definition) is 1. The molecule has 1 N–H and O–H groups in total. The standard InChI is InChI=1S/C17H19FN2O4S/c1-24-16-8-4-6-14(12-16)19-17(21)9-10-20(25(2,22)23)15-7-3-5-13(18)11-15/h3-8,11-12H,9-10H2,1-2H3,(H,19,21). The maximum atomic E-state index is 13.4. The van der Waals surface area contributed by atoms with Gasteiger partial charge >= 0.3 is 0 Å². The van der Waals surface area contributed by atoms with E-state index >= 15 is 0 Å². The van der Waals surface area contributed by atoms with Crippen LogP contribution in [0.3, 0.4) is 0 Å². The van der Waals surface area contributed by atoms with Crippen molar-refractivity contribution in [2.45, 2.75) is 6.42 Å². The third kappa shape index (κ3) is 5.46. The van der Waals surface area contributed by atoms with Crippen molar-refractivity contribution >= 4 is 27.3 Å². The molecule has 0 radical (unpaired) electrons. The molecule has 0 heterocycles. The smallest absolute Gasteiger partial charge is 0.232 e. The van der Waals surface area contributed by atoms with Crippen molar-refractivity contribution in [1.29, 1.82) is 0 Å². The lowest BCUT2D eigenvalue weighted by Gasteiger charge is -2.22. The van der Waals surface area contributed by atoms with Crippen molar-refractivity contribution in [2.75, 3.05) is 29.5 Å². The number of hydrogen-bond acceptors (Lipinski definition) is 4. The highest BCUT2D eigenvalue weighted by molar-refractivity contribution is 7.92. The van der Waals surface area contributed by atoms with E-state index in [1.54, 1.807) is 24.3 Å². The molecule has 2 aromatic rings. The molecule has 0 atom stereocenters. The van der Waals surface area contributed by atoms with Crippen molar-refractivity contribution in [1.82, 2.24) is 0 Å². The molecular weight excluding hydrogens is 347 g/mol. The van der Waals surface area contributed by atoms with Crippen LogP contribution in [0.4, 0.5) is 15.8 Å². The predicted molar refractivity (Wildman–Crippen MR) is 94.8 cm³/mol. The topological polar surface area (TPSA) is 75.7 Å². The SMILES string of the molecule is COc1cccc(NC(=O)CCN(c2cccc(F)c2)S(C)(=O)=O)c1. The lowest BCUT2D eigenvalue weighted by molar-refractivity contribution is -0.116. The summed E-state index contributed by atoms with van der Waals surface area (Å²) in [4.78, 5) is 12.1. The zero-order valence-corrected chi connectivity index (χ0v) is 14.7. The van der Waals surface area contributed by atoms with E-state index in [0.717, 1.165) is 16.6 Å². The Bertz CT molecular complexity index is 855. The van der Waals surface area contributed by atoms with E-state index in [-0.39, 0.29) is 24.6 Å². The van der Waals surface area contributed by atoms with Crippen LogP contribution in [0.2, 0.25) is 0 Å². The third-order valence-corrected chi connectivity index (χ3v) is 4.59. The Morgan fingerprint density at radius 2 is 1.92 bits per heavy atom. The van der Waals surface area contributed by atoms with Gasteiger partial charge in [-0.25, -0.2) is 12.8 Å². The molecule has 0 fully saturated rings. The summed E-state index contributed by atoms with van der Waals surface area (Å²) in [6, 6.07) is 12.0. The molecule has 0 saturated carbocycles. The van der Waals surface area contributed by atoms with Gasteiger partial charge in [-0.2, -0.15) is 0 Å². The minimum atomic E-state index is -3.65. The Balaban J connectivity index is 2.06. The normalized spacial score (nSPS) is 11.0. The summed E-state index contributed by atoms with van der Waals surface area (Å²) in [5, 5.41) is 2.67. The Hall–Kier alpha value is -2.61. The van der Waals surface area contributed by atoms with Gasteiger partial charge in [0.2, 0.25) is 15.9 Å². The molecule has 0 unspecified atom stereocenters. The average Bonchev–Trinajstić information content (AvgIpc) is 2.54. The molecule has 0 spiro atoms. The van der Waals surface area contributed by atoms with Gasteiger partial charge in [-0.1, -0.05) is 12.1 Å². The van der Waals surface area contributed by atoms with Crippen LogP contribution in [-0.4, -0.2) is 34.2 Å². The number of nitrogens with one attached hydrogen (secondary N) is 1. The zero-order valence-electron chi connectivity index (χ0n) is 13.9. The lowest BCUT2D eigenvalue weighted by atomic mass is 10.2. The van der Waals surface area contributed by atoms with E-state index in [1.807, 2.05) is 0 Å². The number of ether oxygens (including phenoxy) is 1. The number of carbonyl (C=O) groups excluding carboxylic acids is 1. The van der Waals surface area contributed by atoms with Gasteiger partial charge < -0.3 is 10.1 Å². The highest BCUT2D eigenvalue weighted by Crippen LogP contribution is 2.20. The van der Waals surface area contributed by atoms with Crippen LogP contribution < -0.4 is 14.4 Å². The van der Waals surface area contributed by atoms with Crippen LogP contribution in [0.15, 0.2) is 48.5 Å². The fraction of sp³-hybridized carbons (Fsp3) is 0.235. The summed E-state index contributed by atoms with van der Waals surface area (Å²) < 4.78 is 43.3. The Morgan fingerprint density at radius 3 is 2.56 bits per heavy atom. The van der Waals surface area contributed by atoms with Gasteiger partial charge in [-0.05, 0) is 30.3 Å². The molecule has 25 heavy (non-hydrogen) atoms. The van der Waals surface area contributed by atoms with E-state index in [4.69, 9.17) is 4.74 Å². The first-order valence-electron chi connectivity index (χ1n) is 7.47. The van der Waals surface area contributed by atoms with Gasteiger partial charge in [0.1, 0.15) is 11.6 Å². The summed E-state index contributed by atoms with van der Waals surface area (Å²) in [6.07, 6.45) is 0.929. The van der Waals surface area contributed by atoms with Crippen molar-refractivity contribution in [3.8, 4) is 5.75 Å². The average molecular weight is 366 g/mol. The molecule has 8 heteroatoms. The number of anilines is 2. The van der Waals surface area contributed by atoms with Gasteiger partial charge in [0.05, 0.1) is 19.1 Å². The second kappa shape index (κ2) is 7.98. The summed E-state index contributed by atoms with van der Waals surface area (Å²) in [7, 11) is -2.13.